The van der Waals surface area contributed by atoms with Crippen LogP contribution in [0.1, 0.15) is 36.0 Å². The van der Waals surface area contributed by atoms with Gasteiger partial charge in [0.15, 0.2) is 0 Å². The maximum Gasteiger partial charge on any atom is 0.253 e. The third-order valence-corrected chi connectivity index (χ3v) is 5.77. The Kier molecular flexibility index (Phi) is 5.79. The van der Waals surface area contributed by atoms with Gasteiger partial charge in [-0.25, -0.2) is 4.39 Å². The Hall–Kier alpha value is -3.22. The minimum absolute atomic E-state index is 0.0734. The predicted molar refractivity (Wildman–Crippen MR) is 112 cm³/mol. The molecule has 2 heterocycles. The summed E-state index contributed by atoms with van der Waals surface area (Å²) in [5, 5.41) is 2.98. The monoisotopic (exact) mass is 409 g/mol. The molecule has 2 fully saturated rings. The Morgan fingerprint density at radius 2 is 1.67 bits per heavy atom. The van der Waals surface area contributed by atoms with Crippen LogP contribution in [0.2, 0.25) is 0 Å². The number of halogens is 1. The number of nitrogens with one attached hydrogen (secondary N) is 1. The van der Waals surface area contributed by atoms with Crippen LogP contribution < -0.4 is 10.2 Å². The number of benzene rings is 2. The van der Waals surface area contributed by atoms with E-state index in [-0.39, 0.29) is 29.5 Å². The molecule has 0 radical (unpaired) electrons. The Balaban J connectivity index is 1.37. The summed E-state index contributed by atoms with van der Waals surface area (Å²) in [6, 6.07) is 12.9. The molecule has 0 atom stereocenters. The fourth-order valence-corrected chi connectivity index (χ4v) is 4.07. The molecule has 0 bridgehead atoms. The van der Waals surface area contributed by atoms with Crippen LogP contribution in [0.25, 0.3) is 0 Å². The molecule has 156 valence electrons. The molecule has 1 N–H and O–H groups in total. The van der Waals surface area contributed by atoms with Crippen LogP contribution in [0.4, 0.5) is 15.8 Å². The van der Waals surface area contributed by atoms with Crippen molar-refractivity contribution in [2.24, 2.45) is 5.92 Å². The van der Waals surface area contributed by atoms with Crippen molar-refractivity contribution in [2.45, 2.75) is 25.7 Å². The SMILES string of the molecule is O=C(Nc1ccccc1N1CCCC1=O)C1CCN(C(=O)c2ccc(F)cc2)CC1. The average molecular weight is 409 g/mol. The van der Waals surface area contributed by atoms with E-state index in [2.05, 4.69) is 5.32 Å². The van der Waals surface area contributed by atoms with Crippen molar-refractivity contribution < 1.29 is 18.8 Å². The van der Waals surface area contributed by atoms with Gasteiger partial charge in [0.25, 0.3) is 5.91 Å². The highest BCUT2D eigenvalue weighted by molar-refractivity contribution is 6.02. The van der Waals surface area contributed by atoms with E-state index in [0.29, 0.717) is 50.1 Å². The molecule has 2 aromatic carbocycles. The van der Waals surface area contributed by atoms with Gasteiger partial charge in [0, 0.05) is 37.5 Å². The van der Waals surface area contributed by atoms with E-state index >= 15 is 0 Å². The second-order valence-corrected chi connectivity index (χ2v) is 7.73. The number of hydrogen-bond donors (Lipinski definition) is 1. The van der Waals surface area contributed by atoms with Crippen molar-refractivity contribution in [1.82, 2.24) is 4.90 Å². The minimum Gasteiger partial charge on any atom is -0.339 e. The van der Waals surface area contributed by atoms with Gasteiger partial charge in [-0.3, -0.25) is 14.4 Å². The van der Waals surface area contributed by atoms with E-state index in [9.17, 15) is 18.8 Å². The summed E-state index contributed by atoms with van der Waals surface area (Å²) < 4.78 is 13.1. The van der Waals surface area contributed by atoms with Crippen LogP contribution in [0.3, 0.4) is 0 Å². The Labute approximate surface area is 174 Å². The van der Waals surface area contributed by atoms with E-state index in [4.69, 9.17) is 0 Å². The quantitative estimate of drug-likeness (QED) is 0.841. The van der Waals surface area contributed by atoms with Crippen LogP contribution in [0.15, 0.2) is 48.5 Å². The predicted octanol–water partition coefficient (Wildman–Crippen LogP) is 3.44. The third-order valence-electron chi connectivity index (χ3n) is 5.77. The first kappa shape index (κ1) is 20.1. The number of para-hydroxylation sites is 2. The molecule has 0 aliphatic carbocycles. The number of anilines is 2. The van der Waals surface area contributed by atoms with E-state index in [1.54, 1.807) is 9.80 Å². The zero-order valence-electron chi connectivity index (χ0n) is 16.6. The topological polar surface area (TPSA) is 69.7 Å². The third kappa shape index (κ3) is 4.20. The molecule has 3 amide bonds. The second kappa shape index (κ2) is 8.65. The average Bonchev–Trinajstić information content (AvgIpc) is 3.20. The van der Waals surface area contributed by atoms with Crippen molar-refractivity contribution >= 4 is 29.1 Å². The van der Waals surface area contributed by atoms with Gasteiger partial charge in [0.1, 0.15) is 5.82 Å². The summed E-state index contributed by atoms with van der Waals surface area (Å²) in [7, 11) is 0. The van der Waals surface area contributed by atoms with Crippen LogP contribution in [-0.4, -0.2) is 42.3 Å². The molecule has 4 rings (SSSR count). The maximum absolute atomic E-state index is 13.1. The lowest BCUT2D eigenvalue weighted by atomic mass is 9.95. The number of amides is 3. The number of rotatable bonds is 4. The molecule has 2 aliphatic heterocycles. The molecule has 30 heavy (non-hydrogen) atoms. The zero-order chi connectivity index (χ0) is 21.1. The van der Waals surface area contributed by atoms with Crippen molar-refractivity contribution in [2.75, 3.05) is 29.9 Å². The molecule has 2 aliphatic rings. The van der Waals surface area contributed by atoms with E-state index < -0.39 is 0 Å². The lowest BCUT2D eigenvalue weighted by molar-refractivity contribution is -0.121. The lowest BCUT2D eigenvalue weighted by Crippen LogP contribution is -2.41. The molecule has 2 saturated heterocycles. The minimum atomic E-state index is -0.377. The highest BCUT2D eigenvalue weighted by Crippen LogP contribution is 2.30. The first-order valence-corrected chi connectivity index (χ1v) is 10.3. The van der Waals surface area contributed by atoms with Crippen LogP contribution in [-0.2, 0) is 9.59 Å². The van der Waals surface area contributed by atoms with Gasteiger partial charge in [-0.05, 0) is 55.7 Å². The number of likely N-dealkylation sites (tertiary alicyclic amines) is 1. The summed E-state index contributed by atoms with van der Waals surface area (Å²) >= 11 is 0. The van der Waals surface area contributed by atoms with Gasteiger partial charge in [-0.15, -0.1) is 0 Å². The van der Waals surface area contributed by atoms with Crippen LogP contribution in [0.5, 0.6) is 0 Å². The van der Waals surface area contributed by atoms with Gasteiger partial charge in [-0.2, -0.15) is 0 Å². The molecule has 2 aromatic rings. The molecular weight excluding hydrogens is 385 g/mol. The van der Waals surface area contributed by atoms with Gasteiger partial charge >= 0.3 is 0 Å². The molecular formula is C23H24FN3O3. The van der Waals surface area contributed by atoms with Crippen molar-refractivity contribution in [3.8, 4) is 0 Å². The second-order valence-electron chi connectivity index (χ2n) is 7.73. The number of piperidine rings is 1. The Morgan fingerprint density at radius 3 is 2.33 bits per heavy atom. The molecule has 7 heteroatoms. The Bertz CT molecular complexity index is 952. The number of carbonyl (C=O) groups is 3. The molecule has 0 spiro atoms. The highest BCUT2D eigenvalue weighted by atomic mass is 19.1. The fraction of sp³-hybridized carbons (Fsp3) is 0.348. The number of nitrogens with zero attached hydrogens (tertiary/aromatic N) is 2. The summed E-state index contributed by atoms with van der Waals surface area (Å²) in [5.41, 5.74) is 1.82. The highest BCUT2D eigenvalue weighted by Gasteiger charge is 2.29. The number of carbonyl (C=O) groups excluding carboxylic acids is 3. The van der Waals surface area contributed by atoms with Crippen LogP contribution in [0, 0.1) is 11.7 Å². The van der Waals surface area contributed by atoms with Crippen molar-refractivity contribution in [1.29, 1.82) is 0 Å². The first-order chi connectivity index (χ1) is 14.5. The smallest absolute Gasteiger partial charge is 0.253 e. The molecule has 0 aromatic heterocycles. The summed E-state index contributed by atoms with van der Waals surface area (Å²) in [4.78, 5) is 40.9. The standard InChI is InChI=1S/C23H24FN3O3/c24-18-9-7-17(8-10-18)23(30)26-14-11-16(12-15-26)22(29)25-19-4-1-2-5-20(19)27-13-3-6-21(27)28/h1-2,4-5,7-10,16H,3,6,11-15H2,(H,25,29). The zero-order valence-corrected chi connectivity index (χ0v) is 16.6. The van der Waals surface area contributed by atoms with E-state index in [1.807, 2.05) is 24.3 Å². The van der Waals surface area contributed by atoms with Gasteiger partial charge < -0.3 is 15.1 Å². The van der Waals surface area contributed by atoms with Crippen molar-refractivity contribution in [3.63, 3.8) is 0 Å². The summed E-state index contributed by atoms with van der Waals surface area (Å²) in [6.45, 7) is 1.61. The molecule has 6 nitrogen and oxygen atoms in total. The van der Waals surface area contributed by atoms with Crippen molar-refractivity contribution in [3.05, 3.63) is 59.9 Å². The van der Waals surface area contributed by atoms with Gasteiger partial charge in [0.2, 0.25) is 11.8 Å². The fourth-order valence-electron chi connectivity index (χ4n) is 4.07. The Morgan fingerprint density at radius 1 is 0.967 bits per heavy atom. The lowest BCUT2D eigenvalue weighted by Gasteiger charge is -2.31. The number of hydrogen-bond acceptors (Lipinski definition) is 3. The largest absolute Gasteiger partial charge is 0.339 e. The first-order valence-electron chi connectivity index (χ1n) is 10.3. The van der Waals surface area contributed by atoms with Gasteiger partial charge in [-0.1, -0.05) is 12.1 Å². The molecule has 0 saturated carbocycles. The van der Waals surface area contributed by atoms with E-state index in [0.717, 1.165) is 12.1 Å². The summed E-state index contributed by atoms with van der Waals surface area (Å²) in [6.07, 6.45) is 2.47. The van der Waals surface area contributed by atoms with Crippen LogP contribution >= 0.6 is 0 Å². The summed E-state index contributed by atoms with van der Waals surface area (Å²) in [5.74, 6) is -0.749. The van der Waals surface area contributed by atoms with Gasteiger partial charge in [0.05, 0.1) is 11.4 Å². The van der Waals surface area contributed by atoms with E-state index in [1.165, 1.54) is 24.3 Å². The maximum atomic E-state index is 13.1. The molecule has 0 unspecified atom stereocenters. The normalized spacial score (nSPS) is 17.3.